The van der Waals surface area contributed by atoms with Gasteiger partial charge >= 0.3 is 11.8 Å². The molecular formula is C16H24N2O3. The first-order valence-corrected chi connectivity index (χ1v) is 7.40. The minimum Gasteiger partial charge on any atom is -0.394 e. The Labute approximate surface area is 125 Å². The van der Waals surface area contributed by atoms with E-state index in [4.69, 9.17) is 5.11 Å². The smallest absolute Gasteiger partial charge is 0.313 e. The maximum atomic E-state index is 11.9. The lowest BCUT2D eigenvalue weighted by atomic mass is 10.1. The fourth-order valence-corrected chi connectivity index (χ4v) is 1.98. The molecule has 116 valence electrons. The van der Waals surface area contributed by atoms with Gasteiger partial charge < -0.3 is 15.7 Å². The SMILES string of the molecule is CCc1ccc(CC)c(NC(=O)C(=O)NC(CC)CO)c1. The molecule has 0 bridgehead atoms. The average molecular weight is 292 g/mol. The van der Waals surface area contributed by atoms with Crippen molar-refractivity contribution in [1.29, 1.82) is 0 Å². The second kappa shape index (κ2) is 8.42. The predicted molar refractivity (Wildman–Crippen MR) is 83.1 cm³/mol. The van der Waals surface area contributed by atoms with Crippen LogP contribution in [0.15, 0.2) is 18.2 Å². The molecule has 1 rings (SSSR count). The first-order chi connectivity index (χ1) is 10.0. The lowest BCUT2D eigenvalue weighted by Gasteiger charge is -2.15. The highest BCUT2D eigenvalue weighted by Gasteiger charge is 2.18. The van der Waals surface area contributed by atoms with Crippen molar-refractivity contribution in [3.63, 3.8) is 0 Å². The number of aryl methyl sites for hydroxylation is 2. The molecule has 0 saturated carbocycles. The highest BCUT2D eigenvalue weighted by molar-refractivity contribution is 6.39. The Morgan fingerprint density at radius 1 is 1.14 bits per heavy atom. The van der Waals surface area contributed by atoms with Gasteiger partial charge in [0.2, 0.25) is 0 Å². The molecule has 0 radical (unpaired) electrons. The van der Waals surface area contributed by atoms with Gasteiger partial charge in [-0.05, 0) is 36.5 Å². The Morgan fingerprint density at radius 3 is 2.38 bits per heavy atom. The maximum Gasteiger partial charge on any atom is 0.313 e. The number of nitrogens with one attached hydrogen (secondary N) is 2. The number of aliphatic hydroxyl groups excluding tert-OH is 1. The number of hydrogen-bond acceptors (Lipinski definition) is 3. The lowest BCUT2D eigenvalue weighted by Crippen LogP contribution is -2.43. The minimum absolute atomic E-state index is 0.180. The molecule has 21 heavy (non-hydrogen) atoms. The summed E-state index contributed by atoms with van der Waals surface area (Å²) in [5.41, 5.74) is 2.77. The lowest BCUT2D eigenvalue weighted by molar-refractivity contribution is -0.136. The number of benzene rings is 1. The highest BCUT2D eigenvalue weighted by atomic mass is 16.3. The molecule has 5 heteroatoms. The summed E-state index contributed by atoms with van der Waals surface area (Å²) < 4.78 is 0. The van der Waals surface area contributed by atoms with Gasteiger partial charge in [-0.2, -0.15) is 0 Å². The zero-order valence-electron chi connectivity index (χ0n) is 12.9. The van der Waals surface area contributed by atoms with E-state index in [0.29, 0.717) is 12.1 Å². The zero-order chi connectivity index (χ0) is 15.8. The summed E-state index contributed by atoms with van der Waals surface area (Å²) in [6, 6.07) is 5.49. The molecule has 1 atom stereocenters. The fraction of sp³-hybridized carbons (Fsp3) is 0.500. The van der Waals surface area contributed by atoms with Gasteiger partial charge in [-0.15, -0.1) is 0 Å². The third-order valence-electron chi connectivity index (χ3n) is 3.47. The summed E-state index contributed by atoms with van der Waals surface area (Å²) >= 11 is 0. The van der Waals surface area contributed by atoms with E-state index in [1.807, 2.05) is 39.0 Å². The third kappa shape index (κ3) is 4.86. The van der Waals surface area contributed by atoms with Crippen LogP contribution in [0.25, 0.3) is 0 Å². The molecule has 1 unspecified atom stereocenters. The van der Waals surface area contributed by atoms with Gasteiger partial charge in [0, 0.05) is 5.69 Å². The maximum absolute atomic E-state index is 11.9. The monoisotopic (exact) mass is 292 g/mol. The first kappa shape index (κ1) is 17.2. The number of anilines is 1. The molecule has 5 nitrogen and oxygen atoms in total. The molecule has 0 aliphatic rings. The summed E-state index contributed by atoms with van der Waals surface area (Å²) in [4.78, 5) is 23.7. The summed E-state index contributed by atoms with van der Waals surface area (Å²) in [6.07, 6.45) is 2.21. The van der Waals surface area contributed by atoms with Crippen molar-refractivity contribution in [2.45, 2.75) is 46.1 Å². The molecule has 1 aromatic carbocycles. The third-order valence-corrected chi connectivity index (χ3v) is 3.47. The van der Waals surface area contributed by atoms with E-state index >= 15 is 0 Å². The second-order valence-corrected chi connectivity index (χ2v) is 4.91. The van der Waals surface area contributed by atoms with Crippen molar-refractivity contribution < 1.29 is 14.7 Å². The quantitative estimate of drug-likeness (QED) is 0.697. The molecule has 3 N–H and O–H groups in total. The molecule has 2 amide bonds. The Kier molecular flexibility index (Phi) is 6.88. The average Bonchev–Trinajstić information content (AvgIpc) is 2.51. The van der Waals surface area contributed by atoms with Crippen molar-refractivity contribution in [2.75, 3.05) is 11.9 Å². The molecule has 1 aromatic rings. The van der Waals surface area contributed by atoms with E-state index < -0.39 is 17.9 Å². The molecule has 0 saturated heterocycles. The Morgan fingerprint density at radius 2 is 1.86 bits per heavy atom. The van der Waals surface area contributed by atoms with E-state index in [1.54, 1.807) is 0 Å². The van der Waals surface area contributed by atoms with Crippen LogP contribution in [0, 0.1) is 0 Å². The topological polar surface area (TPSA) is 78.4 Å². The van der Waals surface area contributed by atoms with Gasteiger partial charge in [-0.3, -0.25) is 9.59 Å². The van der Waals surface area contributed by atoms with Gasteiger partial charge in [0.25, 0.3) is 0 Å². The summed E-state index contributed by atoms with van der Waals surface area (Å²) in [7, 11) is 0. The molecule has 0 fully saturated rings. The Balaban J connectivity index is 2.80. The van der Waals surface area contributed by atoms with Gasteiger partial charge in [0.05, 0.1) is 12.6 Å². The predicted octanol–water partition coefficient (Wildman–Crippen LogP) is 1.64. The van der Waals surface area contributed by atoms with Crippen molar-refractivity contribution in [3.8, 4) is 0 Å². The van der Waals surface area contributed by atoms with Crippen LogP contribution < -0.4 is 10.6 Å². The van der Waals surface area contributed by atoms with Crippen molar-refractivity contribution in [3.05, 3.63) is 29.3 Å². The molecule has 0 aromatic heterocycles. The minimum atomic E-state index is -0.722. The van der Waals surface area contributed by atoms with Crippen LogP contribution in [0.2, 0.25) is 0 Å². The summed E-state index contributed by atoms with van der Waals surface area (Å²) in [5.74, 6) is -1.43. The van der Waals surface area contributed by atoms with Crippen LogP contribution in [0.3, 0.4) is 0 Å². The van der Waals surface area contributed by atoms with Crippen LogP contribution in [0.4, 0.5) is 5.69 Å². The standard InChI is InChI=1S/C16H24N2O3/c1-4-11-7-8-12(5-2)14(9-11)18-16(21)15(20)17-13(6-3)10-19/h7-9,13,19H,4-6,10H2,1-3H3,(H,17,20)(H,18,21). The van der Waals surface area contributed by atoms with E-state index in [1.165, 1.54) is 0 Å². The van der Waals surface area contributed by atoms with Gasteiger partial charge in [-0.1, -0.05) is 32.9 Å². The number of rotatable bonds is 6. The second-order valence-electron chi connectivity index (χ2n) is 4.91. The fourth-order valence-electron chi connectivity index (χ4n) is 1.98. The van der Waals surface area contributed by atoms with E-state index in [2.05, 4.69) is 10.6 Å². The van der Waals surface area contributed by atoms with Crippen LogP contribution in [-0.2, 0) is 22.4 Å². The molecule has 0 spiro atoms. The highest BCUT2D eigenvalue weighted by Crippen LogP contribution is 2.19. The van der Waals surface area contributed by atoms with Crippen molar-refractivity contribution in [1.82, 2.24) is 5.32 Å². The van der Waals surface area contributed by atoms with Crippen molar-refractivity contribution >= 4 is 17.5 Å². The largest absolute Gasteiger partial charge is 0.394 e. The molecule has 0 heterocycles. The van der Waals surface area contributed by atoms with E-state index in [9.17, 15) is 9.59 Å². The first-order valence-electron chi connectivity index (χ1n) is 7.40. The number of aliphatic hydroxyl groups is 1. The van der Waals surface area contributed by atoms with Gasteiger partial charge in [-0.25, -0.2) is 0 Å². The van der Waals surface area contributed by atoms with Gasteiger partial charge in [0.15, 0.2) is 0 Å². The van der Waals surface area contributed by atoms with Crippen LogP contribution >= 0.6 is 0 Å². The van der Waals surface area contributed by atoms with E-state index in [0.717, 1.165) is 24.0 Å². The van der Waals surface area contributed by atoms with Crippen LogP contribution in [-0.4, -0.2) is 29.6 Å². The number of carbonyl (C=O) groups is 2. The molecular weight excluding hydrogens is 268 g/mol. The summed E-state index contributed by atoms with van der Waals surface area (Å²) in [5, 5.41) is 14.2. The molecule has 0 aliphatic carbocycles. The zero-order valence-corrected chi connectivity index (χ0v) is 12.9. The Hall–Kier alpha value is -1.88. The van der Waals surface area contributed by atoms with E-state index in [-0.39, 0.29) is 6.61 Å². The normalized spacial score (nSPS) is 11.8. The molecule has 0 aliphatic heterocycles. The van der Waals surface area contributed by atoms with Crippen molar-refractivity contribution in [2.24, 2.45) is 0 Å². The summed E-state index contributed by atoms with van der Waals surface area (Å²) in [6.45, 7) is 5.68. The Bertz CT molecular complexity index is 496. The van der Waals surface area contributed by atoms with Gasteiger partial charge in [0.1, 0.15) is 0 Å². The van der Waals surface area contributed by atoms with Crippen LogP contribution in [0.1, 0.15) is 38.3 Å². The number of carbonyl (C=O) groups excluding carboxylic acids is 2. The number of amides is 2. The number of hydrogen-bond donors (Lipinski definition) is 3. The van der Waals surface area contributed by atoms with Crippen LogP contribution in [0.5, 0.6) is 0 Å².